The smallest absolute Gasteiger partial charge is 0.128 e. The number of nitrogens with one attached hydrogen (secondary N) is 1. The summed E-state index contributed by atoms with van der Waals surface area (Å²) < 4.78 is 13.5. The van der Waals surface area contributed by atoms with E-state index in [0.717, 1.165) is 11.3 Å². The summed E-state index contributed by atoms with van der Waals surface area (Å²) in [5, 5.41) is 3.63. The quantitative estimate of drug-likeness (QED) is 0.823. The Labute approximate surface area is 111 Å². The lowest BCUT2D eigenvalue weighted by atomic mass is 10.1. The molecule has 4 heteroatoms. The van der Waals surface area contributed by atoms with Crippen LogP contribution in [0.4, 0.5) is 15.8 Å². The number of anilines is 2. The van der Waals surface area contributed by atoms with Crippen molar-refractivity contribution in [2.75, 3.05) is 11.1 Å². The van der Waals surface area contributed by atoms with Crippen LogP contribution in [0.15, 0.2) is 36.4 Å². The topological polar surface area (TPSA) is 38.0 Å². The number of hydrogen-bond acceptors (Lipinski definition) is 2. The van der Waals surface area contributed by atoms with Crippen LogP contribution in [-0.4, -0.2) is 0 Å². The molecular formula is C14H14ClFN2. The Morgan fingerprint density at radius 3 is 2.78 bits per heavy atom. The molecule has 0 saturated heterocycles. The molecule has 0 spiro atoms. The van der Waals surface area contributed by atoms with Crippen molar-refractivity contribution >= 4 is 23.0 Å². The lowest BCUT2D eigenvalue weighted by Gasteiger charge is -2.11. The molecule has 0 heterocycles. The van der Waals surface area contributed by atoms with Crippen molar-refractivity contribution in [1.82, 2.24) is 0 Å². The van der Waals surface area contributed by atoms with E-state index in [4.69, 9.17) is 17.3 Å². The number of rotatable bonds is 3. The van der Waals surface area contributed by atoms with Crippen LogP contribution >= 0.6 is 11.6 Å². The second-order valence-electron chi connectivity index (χ2n) is 4.18. The van der Waals surface area contributed by atoms with Crippen molar-refractivity contribution in [2.45, 2.75) is 13.5 Å². The second-order valence-corrected chi connectivity index (χ2v) is 4.62. The molecule has 94 valence electrons. The minimum atomic E-state index is -0.280. The molecule has 0 amide bonds. The first-order valence-corrected chi connectivity index (χ1v) is 5.98. The molecule has 0 saturated carbocycles. The lowest BCUT2D eigenvalue weighted by molar-refractivity contribution is 0.613. The Morgan fingerprint density at radius 2 is 2.00 bits per heavy atom. The van der Waals surface area contributed by atoms with E-state index in [9.17, 15) is 4.39 Å². The fourth-order valence-corrected chi connectivity index (χ4v) is 1.89. The van der Waals surface area contributed by atoms with Gasteiger partial charge < -0.3 is 11.1 Å². The predicted octanol–water partition coefficient (Wildman–Crippen LogP) is 3.98. The average Bonchev–Trinajstić information content (AvgIpc) is 2.34. The van der Waals surface area contributed by atoms with E-state index in [1.165, 1.54) is 12.1 Å². The van der Waals surface area contributed by atoms with Crippen LogP contribution in [0, 0.1) is 12.7 Å². The largest absolute Gasteiger partial charge is 0.397 e. The maximum atomic E-state index is 13.5. The third-order valence-corrected chi connectivity index (χ3v) is 2.92. The fraction of sp³-hybridized carbons (Fsp3) is 0.143. The standard InChI is InChI=1S/C14H14ClFN2/c1-9-2-5-13(17)14(6-9)18-8-10-7-11(15)3-4-12(10)16/h2-7,18H,8,17H2,1H3. The maximum Gasteiger partial charge on any atom is 0.128 e. The van der Waals surface area contributed by atoms with Gasteiger partial charge in [0.1, 0.15) is 5.82 Å². The highest BCUT2D eigenvalue weighted by atomic mass is 35.5. The van der Waals surface area contributed by atoms with E-state index in [1.54, 1.807) is 6.07 Å². The summed E-state index contributed by atoms with van der Waals surface area (Å²) in [7, 11) is 0. The molecule has 0 fully saturated rings. The molecule has 0 radical (unpaired) electrons. The summed E-state index contributed by atoms with van der Waals surface area (Å²) >= 11 is 5.84. The van der Waals surface area contributed by atoms with E-state index in [-0.39, 0.29) is 5.82 Å². The fourth-order valence-electron chi connectivity index (χ4n) is 1.69. The zero-order chi connectivity index (χ0) is 13.1. The molecule has 0 aliphatic carbocycles. The van der Waals surface area contributed by atoms with Crippen LogP contribution < -0.4 is 11.1 Å². The van der Waals surface area contributed by atoms with Crippen LogP contribution in [0.1, 0.15) is 11.1 Å². The van der Waals surface area contributed by atoms with Gasteiger partial charge in [-0.25, -0.2) is 4.39 Å². The summed E-state index contributed by atoms with van der Waals surface area (Å²) in [4.78, 5) is 0. The van der Waals surface area contributed by atoms with Gasteiger partial charge in [-0.15, -0.1) is 0 Å². The molecule has 2 aromatic rings. The number of nitrogens with two attached hydrogens (primary N) is 1. The Kier molecular flexibility index (Phi) is 3.72. The molecule has 2 rings (SSSR count). The number of nitrogen functional groups attached to an aromatic ring is 1. The summed E-state index contributed by atoms with van der Waals surface area (Å²) in [5.74, 6) is -0.280. The Hall–Kier alpha value is -1.74. The van der Waals surface area contributed by atoms with Crippen molar-refractivity contribution in [1.29, 1.82) is 0 Å². The van der Waals surface area contributed by atoms with Gasteiger partial charge in [0, 0.05) is 17.1 Å². The second kappa shape index (κ2) is 5.27. The molecular weight excluding hydrogens is 251 g/mol. The van der Waals surface area contributed by atoms with Gasteiger partial charge in [0.2, 0.25) is 0 Å². The minimum Gasteiger partial charge on any atom is -0.397 e. The van der Waals surface area contributed by atoms with Crippen molar-refractivity contribution in [3.8, 4) is 0 Å². The molecule has 3 N–H and O–H groups in total. The van der Waals surface area contributed by atoms with Gasteiger partial charge in [0.25, 0.3) is 0 Å². The van der Waals surface area contributed by atoms with Gasteiger partial charge in [-0.3, -0.25) is 0 Å². The average molecular weight is 265 g/mol. The van der Waals surface area contributed by atoms with E-state index in [0.29, 0.717) is 22.8 Å². The molecule has 2 nitrogen and oxygen atoms in total. The third kappa shape index (κ3) is 2.93. The Balaban J connectivity index is 2.16. The van der Waals surface area contributed by atoms with Crippen LogP contribution in [0.25, 0.3) is 0 Å². The highest BCUT2D eigenvalue weighted by Gasteiger charge is 2.04. The van der Waals surface area contributed by atoms with Crippen LogP contribution in [0.5, 0.6) is 0 Å². The third-order valence-electron chi connectivity index (χ3n) is 2.69. The number of benzene rings is 2. The normalized spacial score (nSPS) is 10.4. The van der Waals surface area contributed by atoms with Crippen molar-refractivity contribution < 1.29 is 4.39 Å². The highest BCUT2D eigenvalue weighted by molar-refractivity contribution is 6.30. The SMILES string of the molecule is Cc1ccc(N)c(NCc2cc(Cl)ccc2F)c1. The summed E-state index contributed by atoms with van der Waals surface area (Å²) in [6.45, 7) is 2.32. The zero-order valence-corrected chi connectivity index (χ0v) is 10.8. The summed E-state index contributed by atoms with van der Waals surface area (Å²) in [6.07, 6.45) is 0. The van der Waals surface area contributed by atoms with Crippen LogP contribution in [0.2, 0.25) is 5.02 Å². The summed E-state index contributed by atoms with van der Waals surface area (Å²) in [5.41, 5.74) is 8.89. The molecule has 18 heavy (non-hydrogen) atoms. The Morgan fingerprint density at radius 1 is 1.22 bits per heavy atom. The number of halogens is 2. The van der Waals surface area contributed by atoms with E-state index in [2.05, 4.69) is 5.32 Å². The van der Waals surface area contributed by atoms with Crippen molar-refractivity contribution in [3.63, 3.8) is 0 Å². The van der Waals surface area contributed by atoms with Gasteiger partial charge in [0.15, 0.2) is 0 Å². The van der Waals surface area contributed by atoms with E-state index >= 15 is 0 Å². The molecule has 0 aliphatic rings. The van der Waals surface area contributed by atoms with Gasteiger partial charge in [-0.2, -0.15) is 0 Å². The van der Waals surface area contributed by atoms with E-state index < -0.39 is 0 Å². The van der Waals surface area contributed by atoms with Gasteiger partial charge in [0.05, 0.1) is 11.4 Å². The zero-order valence-electron chi connectivity index (χ0n) is 10.0. The number of aryl methyl sites for hydroxylation is 1. The van der Waals surface area contributed by atoms with Gasteiger partial charge in [-0.1, -0.05) is 17.7 Å². The maximum absolute atomic E-state index is 13.5. The minimum absolute atomic E-state index is 0.280. The van der Waals surface area contributed by atoms with Gasteiger partial charge >= 0.3 is 0 Å². The van der Waals surface area contributed by atoms with Crippen molar-refractivity contribution in [2.24, 2.45) is 0 Å². The highest BCUT2D eigenvalue weighted by Crippen LogP contribution is 2.22. The van der Waals surface area contributed by atoms with Gasteiger partial charge in [-0.05, 0) is 42.8 Å². The molecule has 0 bridgehead atoms. The molecule has 2 aromatic carbocycles. The summed E-state index contributed by atoms with van der Waals surface area (Å²) in [6, 6.07) is 10.2. The molecule has 0 unspecified atom stereocenters. The van der Waals surface area contributed by atoms with E-state index in [1.807, 2.05) is 25.1 Å². The molecule has 0 atom stereocenters. The first-order chi connectivity index (χ1) is 8.56. The van der Waals surface area contributed by atoms with Crippen molar-refractivity contribution in [3.05, 3.63) is 58.4 Å². The molecule has 0 aliphatic heterocycles. The van der Waals surface area contributed by atoms with Crippen LogP contribution in [-0.2, 0) is 6.54 Å². The number of hydrogen-bond donors (Lipinski definition) is 2. The first-order valence-electron chi connectivity index (χ1n) is 5.60. The predicted molar refractivity (Wildman–Crippen MR) is 74.3 cm³/mol. The molecule has 0 aromatic heterocycles. The Bertz CT molecular complexity index is 518. The van der Waals surface area contributed by atoms with Crippen LogP contribution in [0.3, 0.4) is 0 Å². The first kappa shape index (κ1) is 12.7. The lowest BCUT2D eigenvalue weighted by Crippen LogP contribution is -2.04. The monoisotopic (exact) mass is 264 g/mol.